The van der Waals surface area contributed by atoms with Crippen molar-refractivity contribution in [2.75, 3.05) is 26.2 Å². The summed E-state index contributed by atoms with van der Waals surface area (Å²) < 4.78 is 0. The van der Waals surface area contributed by atoms with Crippen molar-refractivity contribution in [2.45, 2.75) is 58.3 Å². The standard InChI is InChI=1S/C24H38N2O/c1-2-3-4-5-6-7-8-9-10-11-12-13-14-15-16-17-18-19-24(27)26-22-20-25-21-23-26/h3-4,6-7,9-10,12-13,15-16,25H,2,5,8,11,14,17-23H2,1H3/b4-3-,7-6-,10-9-,13-12-,16-15-. The van der Waals surface area contributed by atoms with Gasteiger partial charge in [-0.3, -0.25) is 4.79 Å². The fraction of sp³-hybridized carbons (Fsp3) is 0.542. The summed E-state index contributed by atoms with van der Waals surface area (Å²) in [6.45, 7) is 5.74. The highest BCUT2D eigenvalue weighted by molar-refractivity contribution is 5.76. The second-order valence-corrected chi connectivity index (χ2v) is 6.73. The van der Waals surface area contributed by atoms with Gasteiger partial charge in [-0.2, -0.15) is 0 Å². The maximum atomic E-state index is 12.0. The largest absolute Gasteiger partial charge is 0.340 e. The number of allylic oxidation sites excluding steroid dienone is 10. The van der Waals surface area contributed by atoms with Gasteiger partial charge in [0, 0.05) is 32.6 Å². The van der Waals surface area contributed by atoms with Crippen LogP contribution in [0.5, 0.6) is 0 Å². The SMILES string of the molecule is CC/C=C\C/C=C\C/C=C\C/C=C\C/C=C\CCCC(=O)N1CCNCC1. The van der Waals surface area contributed by atoms with Gasteiger partial charge in [0.15, 0.2) is 0 Å². The third-order valence-electron chi connectivity index (χ3n) is 4.39. The molecule has 1 aliphatic heterocycles. The molecule has 0 aliphatic carbocycles. The van der Waals surface area contributed by atoms with Crippen LogP contribution in [0.2, 0.25) is 0 Å². The van der Waals surface area contributed by atoms with Gasteiger partial charge in [-0.15, -0.1) is 0 Å². The molecule has 0 atom stereocenters. The number of unbranched alkanes of at least 4 members (excludes halogenated alkanes) is 1. The van der Waals surface area contributed by atoms with Crippen LogP contribution in [-0.2, 0) is 4.79 Å². The number of hydrogen-bond acceptors (Lipinski definition) is 2. The van der Waals surface area contributed by atoms with Gasteiger partial charge in [0.25, 0.3) is 0 Å². The minimum absolute atomic E-state index is 0.309. The maximum Gasteiger partial charge on any atom is 0.222 e. The molecule has 0 saturated carbocycles. The Hall–Kier alpha value is -1.87. The molecule has 1 N–H and O–H groups in total. The molecule has 1 aliphatic rings. The average Bonchev–Trinajstić information content (AvgIpc) is 2.70. The summed E-state index contributed by atoms with van der Waals surface area (Å²) in [5.74, 6) is 0.309. The normalized spacial score (nSPS) is 16.1. The number of piperazine rings is 1. The second-order valence-electron chi connectivity index (χ2n) is 6.73. The first-order valence-electron chi connectivity index (χ1n) is 10.6. The van der Waals surface area contributed by atoms with Crippen LogP contribution in [0, 0.1) is 0 Å². The number of hydrogen-bond donors (Lipinski definition) is 1. The van der Waals surface area contributed by atoms with Crippen LogP contribution in [0.1, 0.15) is 58.3 Å². The van der Waals surface area contributed by atoms with Crippen molar-refractivity contribution in [3.63, 3.8) is 0 Å². The Morgan fingerprint density at radius 1 is 0.778 bits per heavy atom. The van der Waals surface area contributed by atoms with Crippen LogP contribution in [0.25, 0.3) is 0 Å². The van der Waals surface area contributed by atoms with Gasteiger partial charge in [-0.25, -0.2) is 0 Å². The Kier molecular flexibility index (Phi) is 15.1. The van der Waals surface area contributed by atoms with Crippen LogP contribution < -0.4 is 5.32 Å². The summed E-state index contributed by atoms with van der Waals surface area (Å²) in [7, 11) is 0. The van der Waals surface area contributed by atoms with E-state index in [0.717, 1.165) is 71.1 Å². The van der Waals surface area contributed by atoms with E-state index >= 15 is 0 Å². The molecular formula is C24H38N2O. The molecule has 0 aromatic heterocycles. The number of nitrogens with zero attached hydrogens (tertiary/aromatic N) is 1. The Morgan fingerprint density at radius 3 is 1.78 bits per heavy atom. The fourth-order valence-corrected chi connectivity index (χ4v) is 2.81. The molecule has 1 fully saturated rings. The molecule has 0 bridgehead atoms. The maximum absolute atomic E-state index is 12.0. The first-order valence-corrected chi connectivity index (χ1v) is 10.6. The van der Waals surface area contributed by atoms with Gasteiger partial charge in [-0.1, -0.05) is 67.7 Å². The minimum Gasteiger partial charge on any atom is -0.340 e. The first kappa shape index (κ1) is 23.2. The summed E-state index contributed by atoms with van der Waals surface area (Å²) in [5.41, 5.74) is 0. The van der Waals surface area contributed by atoms with E-state index in [0.29, 0.717) is 12.3 Å². The van der Waals surface area contributed by atoms with Gasteiger partial charge in [-0.05, 0) is 44.9 Å². The molecule has 0 radical (unpaired) electrons. The number of nitrogens with one attached hydrogen (secondary N) is 1. The van der Waals surface area contributed by atoms with Gasteiger partial charge in [0.05, 0.1) is 0 Å². The van der Waals surface area contributed by atoms with E-state index in [1.807, 2.05) is 4.90 Å². The van der Waals surface area contributed by atoms with Gasteiger partial charge >= 0.3 is 0 Å². The van der Waals surface area contributed by atoms with E-state index < -0.39 is 0 Å². The second kappa shape index (κ2) is 17.5. The lowest BCUT2D eigenvalue weighted by molar-refractivity contribution is -0.131. The van der Waals surface area contributed by atoms with E-state index in [1.165, 1.54) is 0 Å². The molecule has 150 valence electrons. The van der Waals surface area contributed by atoms with Crippen LogP contribution in [0.15, 0.2) is 60.8 Å². The lowest BCUT2D eigenvalue weighted by Crippen LogP contribution is -2.46. The average molecular weight is 371 g/mol. The van der Waals surface area contributed by atoms with E-state index in [1.54, 1.807) is 0 Å². The van der Waals surface area contributed by atoms with Crippen LogP contribution >= 0.6 is 0 Å². The number of carbonyl (C=O) groups is 1. The zero-order valence-corrected chi connectivity index (χ0v) is 17.1. The molecule has 1 heterocycles. The van der Waals surface area contributed by atoms with E-state index in [4.69, 9.17) is 0 Å². The predicted molar refractivity (Wildman–Crippen MR) is 118 cm³/mol. The number of rotatable bonds is 13. The van der Waals surface area contributed by atoms with E-state index in [2.05, 4.69) is 73.0 Å². The molecule has 3 heteroatoms. The number of amides is 1. The van der Waals surface area contributed by atoms with Crippen molar-refractivity contribution < 1.29 is 4.79 Å². The molecule has 0 spiro atoms. The molecule has 0 aromatic rings. The number of carbonyl (C=O) groups excluding carboxylic acids is 1. The quantitative estimate of drug-likeness (QED) is 0.350. The lowest BCUT2D eigenvalue weighted by Gasteiger charge is -2.27. The Bertz CT molecular complexity index is 508. The zero-order valence-electron chi connectivity index (χ0n) is 17.1. The van der Waals surface area contributed by atoms with Crippen molar-refractivity contribution >= 4 is 5.91 Å². The van der Waals surface area contributed by atoms with Crippen molar-refractivity contribution in [1.29, 1.82) is 0 Å². The zero-order chi connectivity index (χ0) is 19.4. The smallest absolute Gasteiger partial charge is 0.222 e. The highest BCUT2D eigenvalue weighted by Gasteiger charge is 2.14. The minimum atomic E-state index is 0.309. The summed E-state index contributed by atoms with van der Waals surface area (Å²) in [5, 5.41) is 3.27. The van der Waals surface area contributed by atoms with Crippen molar-refractivity contribution in [2.24, 2.45) is 0 Å². The van der Waals surface area contributed by atoms with Crippen molar-refractivity contribution in [3.05, 3.63) is 60.8 Å². The molecule has 1 saturated heterocycles. The van der Waals surface area contributed by atoms with E-state index in [-0.39, 0.29) is 0 Å². The molecule has 27 heavy (non-hydrogen) atoms. The fourth-order valence-electron chi connectivity index (χ4n) is 2.81. The van der Waals surface area contributed by atoms with Crippen molar-refractivity contribution in [1.82, 2.24) is 10.2 Å². The van der Waals surface area contributed by atoms with Gasteiger partial charge < -0.3 is 10.2 Å². The highest BCUT2D eigenvalue weighted by Crippen LogP contribution is 2.04. The Morgan fingerprint density at radius 2 is 1.26 bits per heavy atom. The summed E-state index contributed by atoms with van der Waals surface area (Å²) in [4.78, 5) is 14.0. The highest BCUT2D eigenvalue weighted by atomic mass is 16.2. The Labute approximate surface area is 166 Å². The van der Waals surface area contributed by atoms with Crippen molar-refractivity contribution in [3.8, 4) is 0 Å². The third kappa shape index (κ3) is 13.9. The van der Waals surface area contributed by atoms with Gasteiger partial charge in [0.1, 0.15) is 0 Å². The first-order chi connectivity index (χ1) is 13.3. The molecule has 0 unspecified atom stereocenters. The molecular weight excluding hydrogens is 332 g/mol. The molecule has 3 nitrogen and oxygen atoms in total. The van der Waals surface area contributed by atoms with E-state index in [9.17, 15) is 4.79 Å². The molecule has 1 rings (SSSR count). The summed E-state index contributed by atoms with van der Waals surface area (Å²) in [6.07, 6.45) is 29.9. The van der Waals surface area contributed by atoms with Crippen LogP contribution in [0.3, 0.4) is 0 Å². The monoisotopic (exact) mass is 370 g/mol. The van der Waals surface area contributed by atoms with Crippen LogP contribution in [0.4, 0.5) is 0 Å². The lowest BCUT2D eigenvalue weighted by atomic mass is 10.2. The van der Waals surface area contributed by atoms with Crippen LogP contribution in [-0.4, -0.2) is 37.0 Å². The summed E-state index contributed by atoms with van der Waals surface area (Å²) >= 11 is 0. The third-order valence-corrected chi connectivity index (χ3v) is 4.39. The predicted octanol–water partition coefficient (Wildman–Crippen LogP) is 5.34. The topological polar surface area (TPSA) is 32.3 Å². The summed E-state index contributed by atoms with van der Waals surface area (Å²) in [6, 6.07) is 0. The molecule has 0 aromatic carbocycles. The Balaban J connectivity index is 1.94. The van der Waals surface area contributed by atoms with Gasteiger partial charge in [0.2, 0.25) is 5.91 Å². The molecule has 1 amide bonds.